The van der Waals surface area contributed by atoms with Gasteiger partial charge in [-0.05, 0) is 54.6 Å². The van der Waals surface area contributed by atoms with E-state index in [0.717, 1.165) is 37.3 Å². The van der Waals surface area contributed by atoms with Crippen LogP contribution in [0.3, 0.4) is 0 Å². The van der Waals surface area contributed by atoms with Crippen molar-refractivity contribution in [1.82, 2.24) is 24.5 Å². The third-order valence-electron chi connectivity index (χ3n) is 5.94. The Balaban J connectivity index is 1.29. The van der Waals surface area contributed by atoms with E-state index in [-0.39, 0.29) is 11.8 Å². The molecule has 1 fully saturated rings. The zero-order valence-electron chi connectivity index (χ0n) is 18.4. The van der Waals surface area contributed by atoms with E-state index in [9.17, 15) is 9.59 Å². The number of fused-ring (bicyclic) bond motifs is 1. The average molecular weight is 444 g/mol. The van der Waals surface area contributed by atoms with Crippen molar-refractivity contribution >= 4 is 17.5 Å². The molecule has 33 heavy (non-hydrogen) atoms. The maximum absolute atomic E-state index is 12.8. The van der Waals surface area contributed by atoms with Crippen molar-refractivity contribution in [3.63, 3.8) is 0 Å². The lowest BCUT2D eigenvalue weighted by Gasteiger charge is -2.32. The zero-order valence-corrected chi connectivity index (χ0v) is 18.4. The van der Waals surface area contributed by atoms with Gasteiger partial charge in [0, 0.05) is 44.1 Å². The van der Waals surface area contributed by atoms with E-state index in [4.69, 9.17) is 4.42 Å². The first-order valence-corrected chi connectivity index (χ1v) is 10.9. The second kappa shape index (κ2) is 8.91. The van der Waals surface area contributed by atoms with Crippen LogP contribution < -0.4 is 5.32 Å². The monoisotopic (exact) mass is 443 g/mol. The Bertz CT molecular complexity index is 1270. The number of benzene rings is 1. The number of likely N-dealkylation sites (N-methyl/N-ethyl adjacent to an activating group) is 1. The van der Waals surface area contributed by atoms with Gasteiger partial charge in [-0.3, -0.25) is 9.59 Å². The number of carbonyl (C=O) groups is 2. The first-order chi connectivity index (χ1) is 16.1. The molecule has 3 aromatic heterocycles. The molecule has 8 heteroatoms. The quantitative estimate of drug-likeness (QED) is 0.513. The maximum Gasteiger partial charge on any atom is 0.271 e. The van der Waals surface area contributed by atoms with Crippen LogP contribution in [0.5, 0.6) is 0 Å². The average Bonchev–Trinajstić information content (AvgIpc) is 3.52. The highest BCUT2D eigenvalue weighted by atomic mass is 16.3. The molecular formula is C25H25N5O3. The van der Waals surface area contributed by atoms with E-state index in [2.05, 4.69) is 22.2 Å². The van der Waals surface area contributed by atoms with E-state index in [1.54, 1.807) is 24.6 Å². The molecular weight excluding hydrogens is 418 g/mol. The Morgan fingerprint density at radius 1 is 0.970 bits per heavy atom. The summed E-state index contributed by atoms with van der Waals surface area (Å²) < 4.78 is 7.07. The highest BCUT2D eigenvalue weighted by molar-refractivity contribution is 5.95. The Hall–Kier alpha value is -3.91. The van der Waals surface area contributed by atoms with Crippen LogP contribution >= 0.6 is 0 Å². The molecule has 0 spiro atoms. The summed E-state index contributed by atoms with van der Waals surface area (Å²) in [6.07, 6.45) is 5.22. The highest BCUT2D eigenvalue weighted by Crippen LogP contribution is 2.22. The van der Waals surface area contributed by atoms with E-state index in [0.29, 0.717) is 29.2 Å². The summed E-state index contributed by atoms with van der Waals surface area (Å²) in [4.78, 5) is 33.8. The van der Waals surface area contributed by atoms with Crippen molar-refractivity contribution in [2.75, 3.05) is 33.2 Å². The van der Waals surface area contributed by atoms with E-state index >= 15 is 0 Å². The van der Waals surface area contributed by atoms with Gasteiger partial charge in [-0.1, -0.05) is 12.1 Å². The number of imidazole rings is 1. The molecule has 0 saturated carbocycles. The van der Waals surface area contributed by atoms with Crippen LogP contribution in [0.15, 0.2) is 71.6 Å². The van der Waals surface area contributed by atoms with Crippen LogP contribution in [-0.2, 0) is 6.54 Å². The summed E-state index contributed by atoms with van der Waals surface area (Å²) >= 11 is 0. The van der Waals surface area contributed by atoms with Gasteiger partial charge in [0.15, 0.2) is 0 Å². The van der Waals surface area contributed by atoms with Crippen LogP contribution in [0, 0.1) is 0 Å². The minimum Gasteiger partial charge on any atom is -0.467 e. The Labute approximate surface area is 191 Å². The number of nitrogens with one attached hydrogen (secondary N) is 1. The molecule has 4 heterocycles. The number of hydrogen-bond acceptors (Lipinski definition) is 5. The SMILES string of the molecule is CN1CCN(C(=O)c2ccc(-c3ccc4nc(C(=O)NCc5ccco5)cn4c3)cc2)CC1. The number of furan rings is 1. The van der Waals surface area contributed by atoms with Crippen LogP contribution in [0.1, 0.15) is 26.6 Å². The number of nitrogens with zero attached hydrogens (tertiary/aromatic N) is 4. The molecule has 0 aliphatic carbocycles. The Morgan fingerprint density at radius 2 is 1.73 bits per heavy atom. The van der Waals surface area contributed by atoms with Crippen LogP contribution in [0.4, 0.5) is 0 Å². The molecule has 2 amide bonds. The molecule has 4 aromatic rings. The number of carbonyl (C=O) groups excluding carboxylic acids is 2. The van der Waals surface area contributed by atoms with Gasteiger partial charge in [0.2, 0.25) is 0 Å². The highest BCUT2D eigenvalue weighted by Gasteiger charge is 2.20. The van der Waals surface area contributed by atoms with Crippen molar-refractivity contribution in [3.8, 4) is 11.1 Å². The summed E-state index contributed by atoms with van der Waals surface area (Å²) in [5.41, 5.74) is 3.68. The van der Waals surface area contributed by atoms with Gasteiger partial charge in [0.25, 0.3) is 11.8 Å². The smallest absolute Gasteiger partial charge is 0.271 e. The molecule has 0 bridgehead atoms. The largest absolute Gasteiger partial charge is 0.467 e. The molecule has 0 atom stereocenters. The summed E-state index contributed by atoms with van der Waals surface area (Å²) in [5.74, 6) is 0.497. The fraction of sp³-hybridized carbons (Fsp3) is 0.240. The lowest BCUT2D eigenvalue weighted by atomic mass is 10.0. The number of rotatable bonds is 5. The lowest BCUT2D eigenvalue weighted by molar-refractivity contribution is 0.0664. The summed E-state index contributed by atoms with van der Waals surface area (Å²) in [6, 6.07) is 15.1. The molecule has 1 aliphatic heterocycles. The Kier molecular flexibility index (Phi) is 5.66. The number of amides is 2. The normalized spacial score (nSPS) is 14.5. The lowest BCUT2D eigenvalue weighted by Crippen LogP contribution is -2.47. The van der Waals surface area contributed by atoms with Crippen molar-refractivity contribution < 1.29 is 14.0 Å². The molecule has 1 aromatic carbocycles. The van der Waals surface area contributed by atoms with Gasteiger partial charge in [-0.2, -0.15) is 0 Å². The minimum absolute atomic E-state index is 0.0740. The fourth-order valence-electron chi connectivity index (χ4n) is 3.94. The standard InChI is InChI=1S/C25H25N5O3/c1-28-10-12-29(13-11-28)25(32)19-6-4-18(5-7-19)20-8-9-23-27-22(17-30(23)16-20)24(31)26-15-21-3-2-14-33-21/h2-9,14,16-17H,10-13,15H2,1H3,(H,26,31). The van der Waals surface area contributed by atoms with Gasteiger partial charge in [-0.25, -0.2) is 4.98 Å². The van der Waals surface area contributed by atoms with Crippen molar-refractivity contribution in [1.29, 1.82) is 0 Å². The van der Waals surface area contributed by atoms with Gasteiger partial charge >= 0.3 is 0 Å². The number of hydrogen-bond donors (Lipinski definition) is 1. The van der Waals surface area contributed by atoms with Crippen molar-refractivity contribution in [2.45, 2.75) is 6.54 Å². The summed E-state index contributed by atoms with van der Waals surface area (Å²) in [5, 5.41) is 2.81. The van der Waals surface area contributed by atoms with Crippen LogP contribution in [0.25, 0.3) is 16.8 Å². The predicted molar refractivity (Wildman–Crippen MR) is 124 cm³/mol. The van der Waals surface area contributed by atoms with E-state index in [1.807, 2.05) is 51.9 Å². The van der Waals surface area contributed by atoms with Crippen LogP contribution in [-0.4, -0.2) is 64.2 Å². The molecule has 168 valence electrons. The second-order valence-corrected chi connectivity index (χ2v) is 8.24. The van der Waals surface area contributed by atoms with E-state index < -0.39 is 0 Å². The maximum atomic E-state index is 12.8. The minimum atomic E-state index is -0.261. The zero-order chi connectivity index (χ0) is 22.8. The number of piperazine rings is 1. The molecule has 0 unspecified atom stereocenters. The van der Waals surface area contributed by atoms with Crippen LogP contribution in [0.2, 0.25) is 0 Å². The number of pyridine rings is 1. The van der Waals surface area contributed by atoms with Gasteiger partial charge in [0.05, 0.1) is 12.8 Å². The topological polar surface area (TPSA) is 83.1 Å². The summed E-state index contributed by atoms with van der Waals surface area (Å²) in [7, 11) is 2.07. The summed E-state index contributed by atoms with van der Waals surface area (Å²) in [6.45, 7) is 3.62. The third kappa shape index (κ3) is 4.51. The first kappa shape index (κ1) is 21.0. The van der Waals surface area contributed by atoms with Gasteiger partial charge in [0.1, 0.15) is 17.1 Å². The molecule has 5 rings (SSSR count). The predicted octanol–water partition coefficient (Wildman–Crippen LogP) is 2.91. The Morgan fingerprint density at radius 3 is 2.45 bits per heavy atom. The first-order valence-electron chi connectivity index (χ1n) is 10.9. The number of aromatic nitrogens is 2. The third-order valence-corrected chi connectivity index (χ3v) is 5.94. The fourth-order valence-corrected chi connectivity index (χ4v) is 3.94. The van der Waals surface area contributed by atoms with Gasteiger partial charge in [-0.15, -0.1) is 0 Å². The van der Waals surface area contributed by atoms with E-state index in [1.165, 1.54) is 0 Å². The molecule has 1 aliphatic rings. The van der Waals surface area contributed by atoms with Crippen molar-refractivity contribution in [3.05, 3.63) is 84.2 Å². The molecule has 1 saturated heterocycles. The molecule has 8 nitrogen and oxygen atoms in total. The van der Waals surface area contributed by atoms with Crippen molar-refractivity contribution in [2.24, 2.45) is 0 Å². The van der Waals surface area contributed by atoms with Gasteiger partial charge < -0.3 is 23.9 Å². The molecule has 0 radical (unpaired) electrons. The second-order valence-electron chi connectivity index (χ2n) is 8.24. The molecule has 1 N–H and O–H groups in total.